The lowest BCUT2D eigenvalue weighted by molar-refractivity contribution is -0.132. The van der Waals surface area contributed by atoms with Gasteiger partial charge in [-0.05, 0) is 31.5 Å². The molecule has 11 heteroatoms. The van der Waals surface area contributed by atoms with Gasteiger partial charge in [0.25, 0.3) is 5.91 Å². The number of carbonyl (C=O) groups excluding carboxylic acids is 3. The van der Waals surface area contributed by atoms with Crippen LogP contribution in [0.4, 0.5) is 9.93 Å². The number of thioether (sulfide) groups is 1. The Labute approximate surface area is 169 Å². The number of nitrogens with zero attached hydrogens (tertiary/aromatic N) is 4. The number of anilines is 1. The van der Waals surface area contributed by atoms with Gasteiger partial charge in [-0.2, -0.15) is 5.26 Å². The maximum Gasteiger partial charge on any atom is 0.325 e. The lowest BCUT2D eigenvalue weighted by atomic mass is 10.1. The van der Waals surface area contributed by atoms with Gasteiger partial charge in [-0.15, -0.1) is 10.2 Å². The molecule has 2 N–H and O–H groups in total. The summed E-state index contributed by atoms with van der Waals surface area (Å²) in [5.41, 5.74) is 0.615. The minimum Gasteiger partial charge on any atom is -0.324 e. The highest BCUT2D eigenvalue weighted by Crippen LogP contribution is 2.28. The summed E-state index contributed by atoms with van der Waals surface area (Å²) in [7, 11) is 0. The molecule has 2 heterocycles. The lowest BCUT2D eigenvalue weighted by Crippen LogP contribution is -2.41. The van der Waals surface area contributed by atoms with Gasteiger partial charge in [-0.3, -0.25) is 19.8 Å². The fraction of sp³-hybridized carbons (Fsp3) is 0.294. The van der Waals surface area contributed by atoms with Gasteiger partial charge >= 0.3 is 6.03 Å². The molecule has 1 aliphatic heterocycles. The number of hydrogen-bond donors (Lipinski definition) is 2. The van der Waals surface area contributed by atoms with Crippen molar-refractivity contribution in [2.75, 3.05) is 11.9 Å². The zero-order valence-corrected chi connectivity index (χ0v) is 16.7. The van der Waals surface area contributed by atoms with E-state index in [1.165, 1.54) is 23.1 Å². The number of nitriles is 1. The van der Waals surface area contributed by atoms with Gasteiger partial charge in [0.15, 0.2) is 4.34 Å². The van der Waals surface area contributed by atoms with Gasteiger partial charge < -0.3 is 5.32 Å². The minimum absolute atomic E-state index is 0.290. The van der Waals surface area contributed by atoms with Crippen LogP contribution in [0.5, 0.6) is 0 Å². The Kier molecular flexibility index (Phi) is 5.62. The summed E-state index contributed by atoms with van der Waals surface area (Å²) in [6.45, 7) is 2.77. The molecule has 9 nitrogen and oxygen atoms in total. The average Bonchev–Trinajstić information content (AvgIpc) is 3.17. The second-order valence-corrected chi connectivity index (χ2v) is 8.67. The number of imide groups is 1. The summed E-state index contributed by atoms with van der Waals surface area (Å²) in [6, 6.07) is 8.71. The molecule has 4 amide bonds. The van der Waals surface area contributed by atoms with Crippen molar-refractivity contribution in [3.63, 3.8) is 0 Å². The predicted molar refractivity (Wildman–Crippen MR) is 104 cm³/mol. The first-order valence-corrected chi connectivity index (χ1v) is 9.98. The molecule has 144 valence electrons. The number of rotatable bonds is 6. The van der Waals surface area contributed by atoms with Crippen molar-refractivity contribution in [1.82, 2.24) is 20.4 Å². The van der Waals surface area contributed by atoms with Crippen LogP contribution in [0.25, 0.3) is 0 Å². The zero-order chi connectivity index (χ0) is 20.3. The van der Waals surface area contributed by atoms with E-state index in [4.69, 9.17) is 5.26 Å². The summed E-state index contributed by atoms with van der Waals surface area (Å²) in [5.74, 6) is -0.337. The molecular weight excluding hydrogens is 400 g/mol. The Morgan fingerprint density at radius 1 is 1.32 bits per heavy atom. The van der Waals surface area contributed by atoms with Crippen LogP contribution in [0.15, 0.2) is 28.6 Å². The number of urea groups is 1. The third-order valence-corrected chi connectivity index (χ3v) is 5.89. The monoisotopic (exact) mass is 416 g/mol. The van der Waals surface area contributed by atoms with Crippen molar-refractivity contribution >= 4 is 46.1 Å². The highest BCUT2D eigenvalue weighted by molar-refractivity contribution is 8.00. The van der Waals surface area contributed by atoms with Gasteiger partial charge in [-0.1, -0.05) is 35.2 Å². The molecule has 3 rings (SSSR count). The summed E-state index contributed by atoms with van der Waals surface area (Å²) in [5, 5.41) is 22.1. The van der Waals surface area contributed by atoms with E-state index in [2.05, 4.69) is 26.9 Å². The van der Waals surface area contributed by atoms with Crippen LogP contribution in [-0.4, -0.2) is 45.0 Å². The van der Waals surface area contributed by atoms with Crippen molar-refractivity contribution in [2.24, 2.45) is 0 Å². The molecule has 1 aromatic carbocycles. The first-order valence-electron chi connectivity index (χ1n) is 8.18. The number of amides is 4. The maximum atomic E-state index is 12.1. The van der Waals surface area contributed by atoms with Crippen molar-refractivity contribution in [1.29, 1.82) is 5.26 Å². The number of benzene rings is 1. The van der Waals surface area contributed by atoms with Gasteiger partial charge in [0.1, 0.15) is 12.1 Å². The smallest absolute Gasteiger partial charge is 0.324 e. The third-order valence-electron chi connectivity index (χ3n) is 3.84. The molecule has 0 unspecified atom stereocenters. The van der Waals surface area contributed by atoms with Gasteiger partial charge in [0.2, 0.25) is 11.0 Å². The van der Waals surface area contributed by atoms with Gasteiger partial charge in [0, 0.05) is 5.75 Å². The van der Waals surface area contributed by atoms with Crippen molar-refractivity contribution in [3.8, 4) is 6.07 Å². The van der Waals surface area contributed by atoms with E-state index in [9.17, 15) is 14.4 Å². The van der Waals surface area contributed by atoms with Crippen LogP contribution in [0.3, 0.4) is 0 Å². The normalized spacial score (nSPS) is 15.2. The summed E-state index contributed by atoms with van der Waals surface area (Å²) >= 11 is 2.65. The fourth-order valence-corrected chi connectivity index (χ4v) is 4.13. The van der Waals surface area contributed by atoms with E-state index in [-0.39, 0.29) is 6.54 Å². The molecule has 1 aliphatic rings. The van der Waals surface area contributed by atoms with Crippen molar-refractivity contribution < 1.29 is 14.4 Å². The van der Waals surface area contributed by atoms with Crippen LogP contribution in [0.2, 0.25) is 0 Å². The standard InChI is InChI=1S/C17H16N6O3S2/c1-17(2)13(25)23(15(26)20-17)8-12(24)19-14-21-22-16(28-14)27-9-11-5-3-10(7-18)4-6-11/h3-6H,8-9H2,1-2H3,(H,20,26)(H,19,21,24). The minimum atomic E-state index is -1.02. The Morgan fingerprint density at radius 3 is 2.64 bits per heavy atom. The van der Waals surface area contributed by atoms with E-state index < -0.39 is 23.4 Å². The van der Waals surface area contributed by atoms with Gasteiger partial charge in [0.05, 0.1) is 11.6 Å². The van der Waals surface area contributed by atoms with Crippen molar-refractivity contribution in [3.05, 3.63) is 35.4 Å². The van der Waals surface area contributed by atoms with E-state index in [1.807, 2.05) is 12.1 Å². The highest BCUT2D eigenvalue weighted by Gasteiger charge is 2.44. The fourth-order valence-electron chi connectivity index (χ4n) is 2.40. The van der Waals surface area contributed by atoms with E-state index in [0.717, 1.165) is 10.5 Å². The Bertz CT molecular complexity index is 964. The van der Waals surface area contributed by atoms with E-state index in [0.29, 0.717) is 20.8 Å². The highest BCUT2D eigenvalue weighted by atomic mass is 32.2. The first kappa shape index (κ1) is 19.8. The molecule has 1 saturated heterocycles. The molecule has 0 atom stereocenters. The largest absolute Gasteiger partial charge is 0.325 e. The molecule has 0 radical (unpaired) electrons. The molecule has 1 fully saturated rings. The van der Waals surface area contributed by atoms with Crippen LogP contribution in [0.1, 0.15) is 25.0 Å². The summed E-state index contributed by atoms with van der Waals surface area (Å²) < 4.78 is 0.663. The van der Waals surface area contributed by atoms with Crippen LogP contribution in [0, 0.1) is 11.3 Å². The number of nitrogens with one attached hydrogen (secondary N) is 2. The molecule has 1 aromatic heterocycles. The summed E-state index contributed by atoms with van der Waals surface area (Å²) in [4.78, 5) is 36.9. The Hall–Kier alpha value is -2.97. The average molecular weight is 416 g/mol. The molecule has 0 saturated carbocycles. The lowest BCUT2D eigenvalue weighted by Gasteiger charge is -2.15. The van der Waals surface area contributed by atoms with Crippen LogP contribution >= 0.6 is 23.1 Å². The van der Waals surface area contributed by atoms with Crippen molar-refractivity contribution in [2.45, 2.75) is 29.5 Å². The summed E-state index contributed by atoms with van der Waals surface area (Å²) in [6.07, 6.45) is 0. The van der Waals surface area contributed by atoms with Crippen LogP contribution in [-0.2, 0) is 15.3 Å². The molecule has 0 bridgehead atoms. The number of hydrogen-bond acceptors (Lipinski definition) is 8. The molecule has 0 spiro atoms. The zero-order valence-electron chi connectivity index (χ0n) is 15.1. The van der Waals surface area contributed by atoms with Crippen LogP contribution < -0.4 is 10.6 Å². The third kappa shape index (κ3) is 4.47. The predicted octanol–water partition coefficient (Wildman–Crippen LogP) is 1.97. The molecule has 0 aliphatic carbocycles. The first-order chi connectivity index (χ1) is 13.3. The molecule has 28 heavy (non-hydrogen) atoms. The SMILES string of the molecule is CC1(C)NC(=O)N(CC(=O)Nc2nnc(SCc3ccc(C#N)cc3)s2)C1=O. The Balaban J connectivity index is 1.52. The quantitative estimate of drug-likeness (QED) is 0.418. The topological polar surface area (TPSA) is 128 Å². The van der Waals surface area contributed by atoms with E-state index >= 15 is 0 Å². The van der Waals surface area contributed by atoms with E-state index in [1.54, 1.807) is 26.0 Å². The molecule has 2 aromatic rings. The second kappa shape index (κ2) is 7.95. The number of carbonyl (C=O) groups is 3. The number of aromatic nitrogens is 2. The maximum absolute atomic E-state index is 12.1. The Morgan fingerprint density at radius 2 is 2.04 bits per heavy atom. The molecular formula is C17H16N6O3S2. The second-order valence-electron chi connectivity index (χ2n) is 6.47. The van der Waals surface area contributed by atoms with Gasteiger partial charge in [-0.25, -0.2) is 4.79 Å².